The van der Waals surface area contributed by atoms with Gasteiger partial charge in [0.05, 0.1) is 40.5 Å². The molecule has 7 rings (SSSR count). The van der Waals surface area contributed by atoms with Crippen LogP contribution in [0.15, 0.2) is 12.1 Å². The first kappa shape index (κ1) is 37.1. The number of phenols is 2. The van der Waals surface area contributed by atoms with Crippen molar-refractivity contribution in [3.05, 3.63) is 51.1 Å². The minimum atomic E-state index is -1.55. The highest BCUT2D eigenvalue weighted by atomic mass is 16.7. The van der Waals surface area contributed by atoms with Crippen LogP contribution in [-0.2, 0) is 40.4 Å². The zero-order valence-corrected chi connectivity index (χ0v) is 30.6. The number of hydrogen-bond acceptors (Lipinski definition) is 15. The first-order valence-electron chi connectivity index (χ1n) is 17.2. The number of ether oxygens (including phenoxy) is 7. The van der Waals surface area contributed by atoms with Gasteiger partial charge in [0.15, 0.2) is 12.1 Å². The van der Waals surface area contributed by atoms with Gasteiger partial charge in [0, 0.05) is 50.9 Å². The molecule has 2 fully saturated rings. The van der Waals surface area contributed by atoms with Gasteiger partial charge >= 0.3 is 0 Å². The van der Waals surface area contributed by atoms with Crippen LogP contribution in [0.4, 0.5) is 0 Å². The van der Waals surface area contributed by atoms with Crippen molar-refractivity contribution in [1.82, 2.24) is 4.90 Å². The molecule has 12 unspecified atom stereocenters. The van der Waals surface area contributed by atoms with Crippen LogP contribution in [0.2, 0.25) is 0 Å². The van der Waals surface area contributed by atoms with E-state index in [0.717, 1.165) is 0 Å². The number of hydrogen-bond donors (Lipinski definition) is 5. The van der Waals surface area contributed by atoms with Gasteiger partial charge in [-0.05, 0) is 59.5 Å². The Balaban J connectivity index is 1.34. The molecule has 2 aromatic carbocycles. The van der Waals surface area contributed by atoms with Crippen LogP contribution in [0.3, 0.4) is 0 Å². The highest BCUT2D eigenvalue weighted by Gasteiger charge is 2.60. The van der Waals surface area contributed by atoms with Gasteiger partial charge in [0.25, 0.3) is 0 Å². The van der Waals surface area contributed by atoms with Crippen molar-refractivity contribution >= 4 is 11.6 Å². The van der Waals surface area contributed by atoms with Gasteiger partial charge < -0.3 is 63.6 Å². The number of phenolic OH excluding ortho intramolecular Hbond substituents is 2. The second-order valence-corrected chi connectivity index (χ2v) is 15.4. The Bertz CT molecular complexity index is 1830. The summed E-state index contributed by atoms with van der Waals surface area (Å²) in [4.78, 5) is 30.6. The molecule has 0 saturated carbocycles. The molecule has 5 N–H and O–H groups in total. The van der Waals surface area contributed by atoms with Gasteiger partial charge in [-0.2, -0.15) is 0 Å². The van der Waals surface area contributed by atoms with Crippen molar-refractivity contribution in [3.8, 4) is 17.2 Å². The molecule has 15 nitrogen and oxygen atoms in total. The number of benzene rings is 2. The first-order chi connectivity index (χ1) is 24.3. The van der Waals surface area contributed by atoms with Crippen molar-refractivity contribution in [3.63, 3.8) is 0 Å². The van der Waals surface area contributed by atoms with E-state index >= 15 is 0 Å². The number of rotatable bonds is 6. The van der Waals surface area contributed by atoms with E-state index in [4.69, 9.17) is 33.2 Å². The summed E-state index contributed by atoms with van der Waals surface area (Å²) in [5.41, 5.74) is -4.54. The van der Waals surface area contributed by atoms with E-state index in [1.807, 2.05) is 6.92 Å². The second kappa shape index (κ2) is 12.4. The molecule has 2 bridgehead atoms. The molecule has 2 saturated heterocycles. The molecule has 284 valence electrons. The fourth-order valence-electron chi connectivity index (χ4n) is 9.20. The maximum atomic E-state index is 14.5. The Morgan fingerprint density at radius 2 is 1.62 bits per heavy atom. The lowest BCUT2D eigenvalue weighted by atomic mass is 9.72. The smallest absolute Gasteiger partial charge is 0.228 e. The fraction of sp³-hybridized carbons (Fsp3) is 0.622. The Kier molecular flexibility index (Phi) is 8.86. The van der Waals surface area contributed by atoms with Crippen molar-refractivity contribution < 1.29 is 68.3 Å². The third-order valence-corrected chi connectivity index (χ3v) is 11.8. The summed E-state index contributed by atoms with van der Waals surface area (Å²) in [7, 11) is 7.89. The summed E-state index contributed by atoms with van der Waals surface area (Å²) in [6, 6.07) is 1.82. The average molecular weight is 730 g/mol. The molecule has 0 spiro atoms. The van der Waals surface area contributed by atoms with Gasteiger partial charge in [-0.15, -0.1) is 0 Å². The Morgan fingerprint density at radius 1 is 0.942 bits per heavy atom. The van der Waals surface area contributed by atoms with Crippen LogP contribution in [0.1, 0.15) is 88.8 Å². The molecule has 0 radical (unpaired) electrons. The number of aliphatic hydroxyl groups excluding tert-OH is 2. The molecule has 3 heterocycles. The van der Waals surface area contributed by atoms with Gasteiger partial charge in [-0.1, -0.05) is 0 Å². The normalized spacial score (nSPS) is 39.4. The summed E-state index contributed by atoms with van der Waals surface area (Å²) in [6.45, 7) is 6.76. The van der Waals surface area contributed by atoms with E-state index in [1.165, 1.54) is 33.5 Å². The minimum absolute atomic E-state index is 0.00146. The third-order valence-electron chi connectivity index (χ3n) is 11.8. The predicted molar refractivity (Wildman–Crippen MR) is 180 cm³/mol. The lowest BCUT2D eigenvalue weighted by Gasteiger charge is -2.53. The molecule has 5 aliphatic rings. The molecule has 2 aliphatic carbocycles. The first-order valence-corrected chi connectivity index (χ1v) is 17.2. The Hall–Kier alpha value is -3.22. The quantitative estimate of drug-likeness (QED) is 0.244. The van der Waals surface area contributed by atoms with Gasteiger partial charge in [-0.3, -0.25) is 9.59 Å². The van der Waals surface area contributed by atoms with Gasteiger partial charge in [0.1, 0.15) is 52.9 Å². The SMILES string of the molecule is COC1C(C)OC(OC2CC(C)(O)Cc3cc4c(c(O)c32)C(=O)c2c(O)cc3c(c2C4=O)OC2OC3(C)C(O)C(N(C)C)C2O)C(OC)C1(C)OC. The van der Waals surface area contributed by atoms with Crippen LogP contribution in [-0.4, -0.2) is 138 Å². The monoisotopic (exact) mass is 729 g/mol. The number of aromatic hydroxyl groups is 2. The number of ketones is 2. The maximum absolute atomic E-state index is 14.5. The summed E-state index contributed by atoms with van der Waals surface area (Å²) >= 11 is 0. The summed E-state index contributed by atoms with van der Waals surface area (Å²) < 4.78 is 42.2. The molecule has 0 amide bonds. The largest absolute Gasteiger partial charge is 0.507 e. The molecule has 2 aromatic rings. The number of methoxy groups -OCH3 is 3. The highest BCUT2D eigenvalue weighted by molar-refractivity contribution is 6.31. The van der Waals surface area contributed by atoms with Gasteiger partial charge in [0.2, 0.25) is 12.1 Å². The number of fused-ring (bicyclic) bond motifs is 8. The number of aliphatic hydroxyl groups is 3. The third kappa shape index (κ3) is 5.09. The van der Waals surface area contributed by atoms with Crippen molar-refractivity contribution in [1.29, 1.82) is 0 Å². The van der Waals surface area contributed by atoms with E-state index in [9.17, 15) is 35.1 Å². The van der Waals surface area contributed by atoms with E-state index in [1.54, 1.807) is 39.8 Å². The molecule has 52 heavy (non-hydrogen) atoms. The van der Waals surface area contributed by atoms with Crippen LogP contribution >= 0.6 is 0 Å². The lowest BCUT2D eigenvalue weighted by Crippen LogP contribution is -2.68. The number of likely N-dealkylation sites (N-methyl/N-ethyl adjacent to an activating group) is 1. The predicted octanol–water partition coefficient (Wildman–Crippen LogP) is 1.42. The van der Waals surface area contributed by atoms with E-state index in [0.29, 0.717) is 5.56 Å². The maximum Gasteiger partial charge on any atom is 0.228 e. The molecule has 12 atom stereocenters. The van der Waals surface area contributed by atoms with Crippen molar-refractivity contribution in [2.75, 3.05) is 35.4 Å². The number of nitrogens with zero attached hydrogens (tertiary/aromatic N) is 1. The van der Waals surface area contributed by atoms with E-state index < -0.39 is 101 Å². The second-order valence-electron chi connectivity index (χ2n) is 15.4. The topological polar surface area (TPSA) is 203 Å². The van der Waals surface area contributed by atoms with Crippen LogP contribution in [0.5, 0.6) is 17.2 Å². The number of carbonyl (C=O) groups is 2. The van der Waals surface area contributed by atoms with E-state index in [-0.39, 0.29) is 46.4 Å². The van der Waals surface area contributed by atoms with Crippen molar-refractivity contribution in [2.24, 2.45) is 0 Å². The summed E-state index contributed by atoms with van der Waals surface area (Å²) in [5, 5.41) is 57.4. The summed E-state index contributed by atoms with van der Waals surface area (Å²) in [5.74, 6) is -2.85. The molecular weight excluding hydrogens is 682 g/mol. The Morgan fingerprint density at radius 3 is 2.23 bits per heavy atom. The highest BCUT2D eigenvalue weighted by Crippen LogP contribution is 2.55. The molecule has 0 aromatic heterocycles. The molecule has 3 aliphatic heterocycles. The summed E-state index contributed by atoms with van der Waals surface area (Å²) in [6.07, 6.45) is -8.03. The van der Waals surface area contributed by atoms with Crippen molar-refractivity contribution in [2.45, 2.75) is 113 Å². The lowest BCUT2D eigenvalue weighted by molar-refractivity contribution is -0.345. The molecular formula is C37H47NO14. The zero-order valence-electron chi connectivity index (χ0n) is 30.6. The standard InChI is InChI=1S/C37H47NO14/c1-14-31(46-7)37(4,48-9)32(47-8)34(49-14)50-19-13-35(2,45)12-15-10-16-21(26(41)20(15)19)27(42)22-18(39)11-17-29(23(22)25(16)40)51-33-28(43)24(38(5)6)30(44)36(17,3)52-33/h10-11,14,19,24,28,30-34,39,41,43-45H,12-13H2,1-9H3. The minimum Gasteiger partial charge on any atom is -0.507 e. The van der Waals surface area contributed by atoms with Crippen LogP contribution in [0.25, 0.3) is 0 Å². The van der Waals surface area contributed by atoms with Crippen LogP contribution in [0, 0.1) is 0 Å². The van der Waals surface area contributed by atoms with Gasteiger partial charge in [-0.25, -0.2) is 0 Å². The molecule has 15 heteroatoms. The van der Waals surface area contributed by atoms with Crippen LogP contribution < -0.4 is 4.74 Å². The fourth-order valence-corrected chi connectivity index (χ4v) is 9.20. The Labute approximate surface area is 300 Å². The average Bonchev–Trinajstić information content (AvgIpc) is 3.05. The zero-order chi connectivity index (χ0) is 38.0. The van der Waals surface area contributed by atoms with E-state index in [2.05, 4.69) is 0 Å². The number of carbonyl (C=O) groups excluding carboxylic acids is 2.